The normalized spacial score (nSPS) is 12.2. The van der Waals surface area contributed by atoms with E-state index in [4.69, 9.17) is 4.98 Å². The van der Waals surface area contributed by atoms with Gasteiger partial charge in [0.1, 0.15) is 5.52 Å². The topological polar surface area (TPSA) is 89.8 Å². The number of aryl methyl sites for hydroxylation is 1. The van der Waals surface area contributed by atoms with Crippen LogP contribution in [-0.2, 0) is 11.3 Å². The Morgan fingerprint density at radius 2 is 1.84 bits per heavy atom. The average Bonchev–Trinajstić information content (AvgIpc) is 3.07. The van der Waals surface area contributed by atoms with E-state index in [1.165, 1.54) is 18.7 Å². The molecule has 0 aliphatic carbocycles. The van der Waals surface area contributed by atoms with Crippen molar-refractivity contribution in [3.8, 4) is 0 Å². The van der Waals surface area contributed by atoms with E-state index in [0.717, 1.165) is 35.0 Å². The maximum atomic E-state index is 12.6. The summed E-state index contributed by atoms with van der Waals surface area (Å²) in [6.45, 7) is 6.27. The third kappa shape index (κ3) is 4.29. The molecule has 1 amide bonds. The SMILES string of the molecule is CCCn1c2ccccc2c2nnc(SC(C)C(=O)Nc3ccc(C(C)=O)cc3)nc21. The molecule has 0 fully saturated rings. The second-order valence-corrected chi connectivity index (χ2v) is 8.63. The number of ketones is 1. The lowest BCUT2D eigenvalue weighted by Gasteiger charge is -2.11. The van der Waals surface area contributed by atoms with Crippen molar-refractivity contribution >= 4 is 51.2 Å². The fourth-order valence-corrected chi connectivity index (χ4v) is 4.14. The van der Waals surface area contributed by atoms with Crippen molar-refractivity contribution in [2.45, 2.75) is 44.1 Å². The molecule has 1 atom stereocenters. The van der Waals surface area contributed by atoms with Crippen molar-refractivity contribution in [2.75, 3.05) is 5.32 Å². The zero-order valence-electron chi connectivity index (χ0n) is 17.6. The van der Waals surface area contributed by atoms with Gasteiger partial charge in [0.25, 0.3) is 0 Å². The molecule has 0 saturated heterocycles. The van der Waals surface area contributed by atoms with Gasteiger partial charge in [0.15, 0.2) is 11.4 Å². The molecule has 2 heterocycles. The Morgan fingerprint density at radius 3 is 2.55 bits per heavy atom. The molecule has 4 rings (SSSR count). The fraction of sp³-hybridized carbons (Fsp3) is 0.261. The molecule has 4 aromatic rings. The Kier molecular flexibility index (Phi) is 5.99. The van der Waals surface area contributed by atoms with Gasteiger partial charge < -0.3 is 9.88 Å². The molecule has 0 bridgehead atoms. The van der Waals surface area contributed by atoms with Crippen molar-refractivity contribution in [2.24, 2.45) is 0 Å². The number of carbonyl (C=O) groups is 2. The number of aromatic nitrogens is 4. The number of Topliss-reactive ketones (excluding diaryl/α,β-unsaturated/α-hetero) is 1. The molecule has 158 valence electrons. The Labute approximate surface area is 184 Å². The Morgan fingerprint density at radius 1 is 1.10 bits per heavy atom. The summed E-state index contributed by atoms with van der Waals surface area (Å²) in [6, 6.07) is 14.9. The van der Waals surface area contributed by atoms with E-state index in [2.05, 4.69) is 33.1 Å². The first kappa shape index (κ1) is 21.0. The Balaban J connectivity index is 1.54. The van der Waals surface area contributed by atoms with Crippen LogP contribution < -0.4 is 5.32 Å². The van der Waals surface area contributed by atoms with Crippen molar-refractivity contribution < 1.29 is 9.59 Å². The van der Waals surface area contributed by atoms with Gasteiger partial charge in [-0.15, -0.1) is 10.2 Å². The maximum Gasteiger partial charge on any atom is 0.237 e. The van der Waals surface area contributed by atoms with E-state index < -0.39 is 5.25 Å². The molecule has 0 aliphatic rings. The van der Waals surface area contributed by atoms with Crippen LogP contribution in [0.25, 0.3) is 22.1 Å². The number of hydrogen-bond donors (Lipinski definition) is 1. The Bertz CT molecular complexity index is 1270. The molecule has 0 saturated carbocycles. The largest absolute Gasteiger partial charge is 0.325 e. The average molecular weight is 434 g/mol. The van der Waals surface area contributed by atoms with E-state index in [0.29, 0.717) is 16.4 Å². The molecule has 31 heavy (non-hydrogen) atoms. The zero-order valence-corrected chi connectivity index (χ0v) is 18.4. The number of anilines is 1. The van der Waals surface area contributed by atoms with Gasteiger partial charge in [0, 0.05) is 23.2 Å². The molecule has 2 aromatic carbocycles. The number of fused-ring (bicyclic) bond motifs is 3. The number of nitrogens with zero attached hydrogens (tertiary/aromatic N) is 4. The number of carbonyl (C=O) groups excluding carboxylic acids is 2. The van der Waals surface area contributed by atoms with Crippen molar-refractivity contribution in [3.63, 3.8) is 0 Å². The van der Waals surface area contributed by atoms with Crippen LogP contribution in [0.4, 0.5) is 5.69 Å². The van der Waals surface area contributed by atoms with Gasteiger partial charge in [-0.05, 0) is 50.6 Å². The standard InChI is InChI=1S/C23H23N5O2S/c1-4-13-28-19-8-6-5-7-18(19)20-21(28)25-23(27-26-20)31-15(3)22(30)24-17-11-9-16(10-12-17)14(2)29/h5-12,15H,4,13H2,1-3H3,(H,24,30). The van der Waals surface area contributed by atoms with Crippen LogP contribution in [-0.4, -0.2) is 36.7 Å². The number of para-hydroxylation sites is 1. The molecule has 7 nitrogen and oxygen atoms in total. The zero-order chi connectivity index (χ0) is 22.0. The van der Waals surface area contributed by atoms with Crippen LogP contribution in [0.15, 0.2) is 53.7 Å². The van der Waals surface area contributed by atoms with Gasteiger partial charge >= 0.3 is 0 Å². The minimum absolute atomic E-state index is 0.0117. The van der Waals surface area contributed by atoms with Crippen LogP contribution in [0.5, 0.6) is 0 Å². The number of nitrogens with one attached hydrogen (secondary N) is 1. The summed E-state index contributed by atoms with van der Waals surface area (Å²) in [5.74, 6) is -0.180. The lowest BCUT2D eigenvalue weighted by molar-refractivity contribution is -0.115. The molecule has 1 unspecified atom stereocenters. The van der Waals surface area contributed by atoms with E-state index in [1.54, 1.807) is 31.2 Å². The molecule has 0 aliphatic heterocycles. The molecular weight excluding hydrogens is 410 g/mol. The highest BCUT2D eigenvalue weighted by Gasteiger charge is 2.19. The highest BCUT2D eigenvalue weighted by atomic mass is 32.2. The van der Waals surface area contributed by atoms with Gasteiger partial charge in [-0.1, -0.05) is 36.9 Å². The Hall–Kier alpha value is -3.26. The summed E-state index contributed by atoms with van der Waals surface area (Å²) in [6.07, 6.45) is 0.974. The smallest absolute Gasteiger partial charge is 0.237 e. The fourth-order valence-electron chi connectivity index (χ4n) is 3.43. The van der Waals surface area contributed by atoms with E-state index in [1.807, 2.05) is 18.2 Å². The minimum atomic E-state index is -0.421. The second kappa shape index (κ2) is 8.85. The monoisotopic (exact) mass is 433 g/mol. The number of hydrogen-bond acceptors (Lipinski definition) is 6. The third-order valence-electron chi connectivity index (χ3n) is 5.01. The van der Waals surface area contributed by atoms with Crippen LogP contribution in [0.1, 0.15) is 37.6 Å². The summed E-state index contributed by atoms with van der Waals surface area (Å²) in [5.41, 5.74) is 3.89. The summed E-state index contributed by atoms with van der Waals surface area (Å²) >= 11 is 1.27. The summed E-state index contributed by atoms with van der Waals surface area (Å²) in [5, 5.41) is 12.6. The highest BCUT2D eigenvalue weighted by molar-refractivity contribution is 8.00. The quantitative estimate of drug-likeness (QED) is 0.335. The van der Waals surface area contributed by atoms with E-state index in [9.17, 15) is 9.59 Å². The minimum Gasteiger partial charge on any atom is -0.325 e. The molecule has 0 radical (unpaired) electrons. The van der Waals surface area contributed by atoms with Crippen molar-refractivity contribution in [1.82, 2.24) is 19.7 Å². The predicted octanol–water partition coefficient (Wildman–Crippen LogP) is 4.71. The predicted molar refractivity (Wildman–Crippen MR) is 124 cm³/mol. The van der Waals surface area contributed by atoms with Crippen molar-refractivity contribution in [3.05, 3.63) is 54.1 Å². The number of benzene rings is 2. The summed E-state index contributed by atoms with van der Waals surface area (Å²) in [7, 11) is 0. The molecule has 0 spiro atoms. The lowest BCUT2D eigenvalue weighted by Crippen LogP contribution is -2.22. The summed E-state index contributed by atoms with van der Waals surface area (Å²) in [4.78, 5) is 28.7. The van der Waals surface area contributed by atoms with Gasteiger partial charge in [-0.3, -0.25) is 9.59 Å². The van der Waals surface area contributed by atoms with Gasteiger partial charge in [-0.25, -0.2) is 4.98 Å². The highest BCUT2D eigenvalue weighted by Crippen LogP contribution is 2.28. The van der Waals surface area contributed by atoms with Crippen LogP contribution >= 0.6 is 11.8 Å². The van der Waals surface area contributed by atoms with Crippen LogP contribution in [0, 0.1) is 0 Å². The van der Waals surface area contributed by atoms with Gasteiger partial charge in [0.05, 0.1) is 10.8 Å². The lowest BCUT2D eigenvalue weighted by atomic mass is 10.1. The number of thioether (sulfide) groups is 1. The number of rotatable bonds is 7. The van der Waals surface area contributed by atoms with Crippen molar-refractivity contribution in [1.29, 1.82) is 0 Å². The van der Waals surface area contributed by atoms with E-state index in [-0.39, 0.29) is 11.7 Å². The second-order valence-electron chi connectivity index (χ2n) is 7.32. The molecular formula is C23H23N5O2S. The molecule has 1 N–H and O–H groups in total. The first-order valence-corrected chi connectivity index (χ1v) is 11.1. The van der Waals surface area contributed by atoms with Gasteiger partial charge in [0.2, 0.25) is 11.1 Å². The molecule has 2 aromatic heterocycles. The van der Waals surface area contributed by atoms with Crippen LogP contribution in [0.2, 0.25) is 0 Å². The summed E-state index contributed by atoms with van der Waals surface area (Å²) < 4.78 is 2.16. The maximum absolute atomic E-state index is 12.6. The number of amides is 1. The third-order valence-corrected chi connectivity index (χ3v) is 5.96. The van der Waals surface area contributed by atoms with E-state index >= 15 is 0 Å². The molecule has 8 heteroatoms. The van der Waals surface area contributed by atoms with Gasteiger partial charge in [-0.2, -0.15) is 0 Å². The first-order valence-electron chi connectivity index (χ1n) is 10.2. The first-order chi connectivity index (χ1) is 15.0. The van der Waals surface area contributed by atoms with Crippen LogP contribution in [0.3, 0.4) is 0 Å².